The van der Waals surface area contributed by atoms with E-state index in [1.54, 1.807) is 0 Å². The van der Waals surface area contributed by atoms with E-state index in [0.717, 1.165) is 39.0 Å². The van der Waals surface area contributed by atoms with Gasteiger partial charge in [-0.15, -0.1) is 0 Å². The lowest BCUT2D eigenvalue weighted by Crippen LogP contribution is -2.41. The Kier molecular flexibility index (Phi) is 6.27. The number of nitrogens with zero attached hydrogens (tertiary/aromatic N) is 1. The molecule has 0 spiro atoms. The summed E-state index contributed by atoms with van der Waals surface area (Å²) < 4.78 is 5.47. The predicted octanol–water partition coefficient (Wildman–Crippen LogP) is 1.88. The van der Waals surface area contributed by atoms with Crippen molar-refractivity contribution in [2.24, 2.45) is 23.0 Å². The van der Waals surface area contributed by atoms with Crippen LogP contribution in [0.25, 0.3) is 0 Å². The van der Waals surface area contributed by atoms with Crippen LogP contribution in [0.2, 0.25) is 0 Å². The van der Waals surface area contributed by atoms with E-state index >= 15 is 0 Å². The maximum Gasteiger partial charge on any atom is 0.226 e. The van der Waals surface area contributed by atoms with Crippen LogP contribution in [0.1, 0.15) is 40.0 Å². The van der Waals surface area contributed by atoms with Crippen molar-refractivity contribution in [3.63, 3.8) is 0 Å². The topological polar surface area (TPSA) is 55.6 Å². The number of nitrogens with two attached hydrogens (primary N) is 1. The van der Waals surface area contributed by atoms with Gasteiger partial charge in [-0.1, -0.05) is 20.8 Å². The molecule has 1 heterocycles. The Morgan fingerprint density at radius 2 is 2.16 bits per heavy atom. The first-order valence-electron chi connectivity index (χ1n) is 7.36. The number of hydrogen-bond donors (Lipinski definition) is 1. The van der Waals surface area contributed by atoms with E-state index in [0.29, 0.717) is 12.5 Å². The average molecular weight is 270 g/mol. The minimum absolute atomic E-state index is 0.0606. The van der Waals surface area contributed by atoms with E-state index in [1.165, 1.54) is 0 Å². The van der Waals surface area contributed by atoms with Gasteiger partial charge in [0.15, 0.2) is 0 Å². The van der Waals surface area contributed by atoms with Crippen LogP contribution in [0.4, 0.5) is 0 Å². The van der Waals surface area contributed by atoms with Crippen LogP contribution >= 0.6 is 0 Å². The van der Waals surface area contributed by atoms with Gasteiger partial charge >= 0.3 is 0 Å². The van der Waals surface area contributed by atoms with Gasteiger partial charge in [-0.05, 0) is 30.6 Å². The molecule has 0 radical (unpaired) electrons. The second-order valence-corrected chi connectivity index (χ2v) is 7.00. The summed E-state index contributed by atoms with van der Waals surface area (Å²) in [7, 11) is 1.89. The molecule has 0 aromatic carbocycles. The third-order valence-electron chi connectivity index (χ3n) is 3.66. The predicted molar refractivity (Wildman–Crippen MR) is 77.8 cm³/mol. The van der Waals surface area contributed by atoms with E-state index in [2.05, 4.69) is 20.8 Å². The molecule has 19 heavy (non-hydrogen) atoms. The molecule has 1 aliphatic heterocycles. The molecule has 1 amide bonds. The molecule has 0 saturated carbocycles. The quantitative estimate of drug-likeness (QED) is 0.830. The minimum Gasteiger partial charge on any atom is -0.381 e. The molecule has 4 heteroatoms. The van der Waals surface area contributed by atoms with Gasteiger partial charge in [0, 0.05) is 26.7 Å². The summed E-state index contributed by atoms with van der Waals surface area (Å²) in [6.45, 7) is 9.32. The van der Waals surface area contributed by atoms with Crippen LogP contribution < -0.4 is 5.73 Å². The molecular formula is C15H30N2O2. The largest absolute Gasteiger partial charge is 0.381 e. The molecule has 2 unspecified atom stereocenters. The number of ether oxygens (including phenoxy) is 1. The molecular weight excluding hydrogens is 240 g/mol. The molecule has 0 bridgehead atoms. The van der Waals surface area contributed by atoms with Gasteiger partial charge in [0.05, 0.1) is 12.5 Å². The second kappa shape index (κ2) is 7.25. The molecule has 0 aliphatic carbocycles. The molecule has 1 aliphatic rings. The van der Waals surface area contributed by atoms with Gasteiger partial charge in [-0.2, -0.15) is 0 Å². The van der Waals surface area contributed by atoms with Crippen molar-refractivity contribution in [3.05, 3.63) is 0 Å². The third kappa shape index (κ3) is 5.91. The zero-order valence-corrected chi connectivity index (χ0v) is 12.9. The maximum absolute atomic E-state index is 12.4. The van der Waals surface area contributed by atoms with Crippen LogP contribution in [-0.2, 0) is 9.53 Å². The highest BCUT2D eigenvalue weighted by atomic mass is 16.5. The fourth-order valence-electron chi connectivity index (χ4n) is 2.75. The molecule has 0 aromatic rings. The fraction of sp³-hybridized carbons (Fsp3) is 0.933. The SMILES string of the molecule is CN(CC1CCCOC1)C(=O)C(CN)CC(C)(C)C. The molecule has 2 N–H and O–H groups in total. The summed E-state index contributed by atoms with van der Waals surface area (Å²) in [6.07, 6.45) is 3.10. The lowest BCUT2D eigenvalue weighted by atomic mass is 9.84. The van der Waals surface area contributed by atoms with Gasteiger partial charge < -0.3 is 15.4 Å². The molecule has 4 nitrogen and oxygen atoms in total. The summed E-state index contributed by atoms with van der Waals surface area (Å²) in [6, 6.07) is 0. The van der Waals surface area contributed by atoms with Crippen molar-refractivity contribution in [2.45, 2.75) is 40.0 Å². The maximum atomic E-state index is 12.4. The minimum atomic E-state index is -0.0606. The van der Waals surface area contributed by atoms with Gasteiger partial charge in [-0.3, -0.25) is 4.79 Å². The Morgan fingerprint density at radius 3 is 2.63 bits per heavy atom. The first-order chi connectivity index (χ1) is 8.83. The summed E-state index contributed by atoms with van der Waals surface area (Å²) in [4.78, 5) is 14.3. The molecule has 1 saturated heterocycles. The third-order valence-corrected chi connectivity index (χ3v) is 3.66. The highest BCUT2D eigenvalue weighted by Crippen LogP contribution is 2.25. The molecule has 2 atom stereocenters. The Hall–Kier alpha value is -0.610. The summed E-state index contributed by atoms with van der Waals surface area (Å²) in [5, 5.41) is 0. The van der Waals surface area contributed by atoms with Gasteiger partial charge in [0.1, 0.15) is 0 Å². The van der Waals surface area contributed by atoms with Crippen LogP contribution in [0.3, 0.4) is 0 Å². The standard InChI is InChI=1S/C15H30N2O2/c1-15(2,3)8-13(9-16)14(18)17(4)10-12-6-5-7-19-11-12/h12-13H,5-11,16H2,1-4H3. The van der Waals surface area contributed by atoms with Crippen LogP contribution in [0.5, 0.6) is 0 Å². The van der Waals surface area contributed by atoms with Gasteiger partial charge in [0.2, 0.25) is 5.91 Å². The number of carbonyl (C=O) groups excluding carboxylic acids is 1. The van der Waals surface area contributed by atoms with Crippen molar-refractivity contribution in [1.82, 2.24) is 4.90 Å². The molecule has 1 rings (SSSR count). The Morgan fingerprint density at radius 1 is 1.47 bits per heavy atom. The first-order valence-corrected chi connectivity index (χ1v) is 7.36. The van der Waals surface area contributed by atoms with Crippen molar-refractivity contribution in [3.8, 4) is 0 Å². The van der Waals surface area contributed by atoms with Crippen molar-refractivity contribution in [1.29, 1.82) is 0 Å². The van der Waals surface area contributed by atoms with Gasteiger partial charge in [-0.25, -0.2) is 0 Å². The van der Waals surface area contributed by atoms with Gasteiger partial charge in [0.25, 0.3) is 0 Å². The van der Waals surface area contributed by atoms with E-state index in [1.807, 2.05) is 11.9 Å². The fourth-order valence-corrected chi connectivity index (χ4v) is 2.75. The smallest absolute Gasteiger partial charge is 0.226 e. The Bertz CT molecular complexity index is 280. The van der Waals surface area contributed by atoms with Crippen molar-refractivity contribution >= 4 is 5.91 Å². The van der Waals surface area contributed by atoms with E-state index < -0.39 is 0 Å². The zero-order valence-electron chi connectivity index (χ0n) is 12.9. The van der Waals surface area contributed by atoms with Crippen LogP contribution in [-0.4, -0.2) is 44.2 Å². The number of carbonyl (C=O) groups is 1. The zero-order chi connectivity index (χ0) is 14.5. The van der Waals surface area contributed by atoms with Crippen LogP contribution in [0.15, 0.2) is 0 Å². The molecule has 0 aromatic heterocycles. The first kappa shape index (κ1) is 16.4. The summed E-state index contributed by atoms with van der Waals surface area (Å²) in [5.41, 5.74) is 5.91. The molecule has 1 fully saturated rings. The lowest BCUT2D eigenvalue weighted by Gasteiger charge is -2.31. The number of hydrogen-bond acceptors (Lipinski definition) is 3. The average Bonchev–Trinajstić information content (AvgIpc) is 2.35. The van der Waals surface area contributed by atoms with Crippen molar-refractivity contribution in [2.75, 3.05) is 33.4 Å². The highest BCUT2D eigenvalue weighted by molar-refractivity contribution is 5.78. The highest BCUT2D eigenvalue weighted by Gasteiger charge is 2.27. The Labute approximate surface area is 117 Å². The normalized spacial score (nSPS) is 22.1. The monoisotopic (exact) mass is 270 g/mol. The summed E-state index contributed by atoms with van der Waals surface area (Å²) >= 11 is 0. The second-order valence-electron chi connectivity index (χ2n) is 7.00. The summed E-state index contributed by atoms with van der Waals surface area (Å²) in [5.74, 6) is 0.605. The lowest BCUT2D eigenvalue weighted by molar-refractivity contribution is -0.136. The Balaban J connectivity index is 2.48. The van der Waals surface area contributed by atoms with Crippen LogP contribution in [0, 0.1) is 17.3 Å². The molecule has 112 valence electrons. The number of amides is 1. The van der Waals surface area contributed by atoms with E-state index in [-0.39, 0.29) is 17.2 Å². The number of rotatable bonds is 5. The van der Waals surface area contributed by atoms with Crippen molar-refractivity contribution < 1.29 is 9.53 Å². The van der Waals surface area contributed by atoms with E-state index in [4.69, 9.17) is 10.5 Å². The van der Waals surface area contributed by atoms with E-state index in [9.17, 15) is 4.79 Å².